The third kappa shape index (κ3) is 5.82. The molecule has 1 saturated heterocycles. The normalized spacial score (nSPS) is 17.3. The summed E-state index contributed by atoms with van der Waals surface area (Å²) in [6, 6.07) is 8.22. The van der Waals surface area contributed by atoms with Crippen LogP contribution in [0.3, 0.4) is 0 Å². The second kappa shape index (κ2) is 10.4. The van der Waals surface area contributed by atoms with E-state index in [1.165, 1.54) is 18.5 Å². The number of nitrogens with one attached hydrogen (secondary N) is 1. The molecular weight excluding hydrogens is 362 g/mol. The number of oxazole rings is 1. The van der Waals surface area contributed by atoms with Gasteiger partial charge in [-0.25, -0.2) is 9.98 Å². The van der Waals surface area contributed by atoms with Crippen molar-refractivity contribution in [3.8, 4) is 11.5 Å². The van der Waals surface area contributed by atoms with Gasteiger partial charge in [0.2, 0.25) is 5.89 Å². The van der Waals surface area contributed by atoms with Crippen LogP contribution in [0.4, 0.5) is 0 Å². The van der Waals surface area contributed by atoms with Gasteiger partial charge in [-0.15, -0.1) is 0 Å². The first-order valence-corrected chi connectivity index (χ1v) is 10.9. The zero-order chi connectivity index (χ0) is 20.6. The summed E-state index contributed by atoms with van der Waals surface area (Å²) in [4.78, 5) is 14.4. The predicted octanol–water partition coefficient (Wildman–Crippen LogP) is 3.78. The molecular formula is C23H35N5O. The van der Waals surface area contributed by atoms with E-state index in [1.807, 2.05) is 12.1 Å². The average molecular weight is 398 g/mol. The third-order valence-corrected chi connectivity index (χ3v) is 5.57. The van der Waals surface area contributed by atoms with Crippen molar-refractivity contribution in [2.45, 2.75) is 40.7 Å². The molecule has 1 unspecified atom stereocenters. The Morgan fingerprint density at radius 3 is 2.69 bits per heavy atom. The number of aryl methyl sites for hydroxylation is 1. The largest absolute Gasteiger partial charge is 0.444 e. The maximum atomic E-state index is 5.67. The molecule has 3 rings (SSSR count). The van der Waals surface area contributed by atoms with Gasteiger partial charge in [-0.2, -0.15) is 0 Å². The number of hydrogen-bond donors (Lipinski definition) is 1. The van der Waals surface area contributed by atoms with E-state index in [0.717, 1.165) is 49.9 Å². The number of hydrogen-bond acceptors (Lipinski definition) is 4. The molecule has 1 aromatic carbocycles. The van der Waals surface area contributed by atoms with Gasteiger partial charge in [0.05, 0.1) is 6.54 Å². The number of aliphatic imine (C=N–C) groups is 1. The summed E-state index contributed by atoms with van der Waals surface area (Å²) in [7, 11) is 0. The highest BCUT2D eigenvalue weighted by molar-refractivity contribution is 5.80. The van der Waals surface area contributed by atoms with Crippen LogP contribution in [-0.2, 0) is 6.54 Å². The fourth-order valence-corrected chi connectivity index (χ4v) is 3.81. The molecule has 1 aliphatic heterocycles. The quantitative estimate of drug-likeness (QED) is 0.543. The van der Waals surface area contributed by atoms with Crippen LogP contribution >= 0.6 is 0 Å². The van der Waals surface area contributed by atoms with Crippen LogP contribution in [0.15, 0.2) is 39.9 Å². The van der Waals surface area contributed by atoms with E-state index in [9.17, 15) is 0 Å². The van der Waals surface area contributed by atoms with Crippen LogP contribution < -0.4 is 5.32 Å². The zero-order valence-electron chi connectivity index (χ0n) is 18.3. The molecule has 1 atom stereocenters. The summed E-state index contributed by atoms with van der Waals surface area (Å²) in [6.07, 6.45) is 2.94. The molecule has 0 amide bonds. The SMILES string of the molecule is CCNC(=NCc1coc(-c2ccc(C)cc2)n1)N1CCC(CN(CC)CC)C1. The van der Waals surface area contributed by atoms with Crippen molar-refractivity contribution in [3.05, 3.63) is 41.8 Å². The minimum absolute atomic E-state index is 0.523. The van der Waals surface area contributed by atoms with Crippen molar-refractivity contribution < 1.29 is 4.42 Å². The minimum Gasteiger partial charge on any atom is -0.444 e. The number of benzene rings is 1. The van der Waals surface area contributed by atoms with E-state index in [4.69, 9.17) is 9.41 Å². The van der Waals surface area contributed by atoms with Crippen LogP contribution in [0.1, 0.15) is 38.4 Å². The lowest BCUT2D eigenvalue weighted by atomic mass is 10.1. The first kappa shape index (κ1) is 21.4. The summed E-state index contributed by atoms with van der Waals surface area (Å²) < 4.78 is 5.67. The third-order valence-electron chi connectivity index (χ3n) is 5.57. The Balaban J connectivity index is 1.62. The molecule has 0 bridgehead atoms. The lowest BCUT2D eigenvalue weighted by Gasteiger charge is -2.24. The van der Waals surface area contributed by atoms with E-state index < -0.39 is 0 Å². The smallest absolute Gasteiger partial charge is 0.226 e. The van der Waals surface area contributed by atoms with Gasteiger partial charge in [-0.3, -0.25) is 0 Å². The lowest BCUT2D eigenvalue weighted by molar-refractivity contribution is 0.255. The topological polar surface area (TPSA) is 56.9 Å². The Labute approximate surface area is 175 Å². The van der Waals surface area contributed by atoms with Crippen molar-refractivity contribution in [3.63, 3.8) is 0 Å². The molecule has 29 heavy (non-hydrogen) atoms. The van der Waals surface area contributed by atoms with Crippen LogP contribution in [0.2, 0.25) is 0 Å². The minimum atomic E-state index is 0.523. The molecule has 1 N–H and O–H groups in total. The highest BCUT2D eigenvalue weighted by Crippen LogP contribution is 2.20. The van der Waals surface area contributed by atoms with Gasteiger partial charge in [0.25, 0.3) is 0 Å². The summed E-state index contributed by atoms with van der Waals surface area (Å²) in [5.41, 5.74) is 3.08. The van der Waals surface area contributed by atoms with Gasteiger partial charge in [0, 0.05) is 31.7 Å². The second-order valence-corrected chi connectivity index (χ2v) is 7.77. The van der Waals surface area contributed by atoms with Crippen LogP contribution in [0.5, 0.6) is 0 Å². The van der Waals surface area contributed by atoms with Gasteiger partial charge >= 0.3 is 0 Å². The number of aromatic nitrogens is 1. The van der Waals surface area contributed by atoms with E-state index in [2.05, 4.69) is 59.9 Å². The molecule has 2 heterocycles. The highest BCUT2D eigenvalue weighted by atomic mass is 16.3. The predicted molar refractivity (Wildman–Crippen MR) is 119 cm³/mol. The van der Waals surface area contributed by atoms with E-state index in [-0.39, 0.29) is 0 Å². The van der Waals surface area contributed by atoms with Gasteiger partial charge in [-0.05, 0) is 51.4 Å². The lowest BCUT2D eigenvalue weighted by Crippen LogP contribution is -2.40. The molecule has 0 aliphatic carbocycles. The molecule has 0 saturated carbocycles. The average Bonchev–Trinajstić information content (AvgIpc) is 3.39. The van der Waals surface area contributed by atoms with Crippen molar-refractivity contribution in [1.82, 2.24) is 20.1 Å². The molecule has 158 valence electrons. The number of rotatable bonds is 8. The standard InChI is InChI=1S/C23H35N5O/c1-5-24-23(28-13-12-19(16-28)15-27(6-2)7-3)25-14-21-17-29-22(26-21)20-10-8-18(4)9-11-20/h8-11,17,19H,5-7,12-16H2,1-4H3,(H,24,25). The maximum Gasteiger partial charge on any atom is 0.226 e. The first-order valence-electron chi connectivity index (χ1n) is 10.9. The number of guanidine groups is 1. The molecule has 0 radical (unpaired) electrons. The van der Waals surface area contributed by atoms with Crippen LogP contribution in [0, 0.1) is 12.8 Å². The zero-order valence-corrected chi connectivity index (χ0v) is 18.3. The van der Waals surface area contributed by atoms with Gasteiger partial charge in [-0.1, -0.05) is 31.5 Å². The fourth-order valence-electron chi connectivity index (χ4n) is 3.81. The van der Waals surface area contributed by atoms with Crippen molar-refractivity contribution in [2.24, 2.45) is 10.9 Å². The van der Waals surface area contributed by atoms with Crippen LogP contribution in [-0.4, -0.2) is 60.0 Å². The Hall–Kier alpha value is -2.34. The molecule has 6 heteroatoms. The monoisotopic (exact) mass is 397 g/mol. The van der Waals surface area contributed by atoms with Crippen molar-refractivity contribution in [1.29, 1.82) is 0 Å². The summed E-state index contributed by atoms with van der Waals surface area (Å²) in [6.45, 7) is 15.6. The number of likely N-dealkylation sites (tertiary alicyclic amines) is 1. The Bertz CT molecular complexity index is 779. The molecule has 0 spiro atoms. The second-order valence-electron chi connectivity index (χ2n) is 7.77. The van der Waals surface area contributed by atoms with Crippen LogP contribution in [0.25, 0.3) is 11.5 Å². The van der Waals surface area contributed by atoms with Gasteiger partial charge in [0.15, 0.2) is 5.96 Å². The fraction of sp³-hybridized carbons (Fsp3) is 0.565. The van der Waals surface area contributed by atoms with E-state index in [0.29, 0.717) is 18.4 Å². The molecule has 2 aromatic rings. The van der Waals surface area contributed by atoms with Gasteiger partial charge < -0.3 is 19.5 Å². The van der Waals surface area contributed by atoms with Gasteiger partial charge in [0.1, 0.15) is 12.0 Å². The summed E-state index contributed by atoms with van der Waals surface area (Å²) in [5, 5.41) is 3.45. The summed E-state index contributed by atoms with van der Waals surface area (Å²) >= 11 is 0. The Morgan fingerprint density at radius 1 is 1.24 bits per heavy atom. The molecule has 1 fully saturated rings. The highest BCUT2D eigenvalue weighted by Gasteiger charge is 2.26. The first-order chi connectivity index (χ1) is 14.1. The van der Waals surface area contributed by atoms with Crippen molar-refractivity contribution >= 4 is 5.96 Å². The number of nitrogens with zero attached hydrogens (tertiary/aromatic N) is 4. The van der Waals surface area contributed by atoms with E-state index >= 15 is 0 Å². The maximum absolute atomic E-state index is 5.67. The summed E-state index contributed by atoms with van der Waals surface area (Å²) in [5.74, 6) is 2.34. The Morgan fingerprint density at radius 2 is 2.00 bits per heavy atom. The molecule has 1 aliphatic rings. The molecule has 1 aromatic heterocycles. The van der Waals surface area contributed by atoms with E-state index in [1.54, 1.807) is 6.26 Å². The molecule has 6 nitrogen and oxygen atoms in total. The Kier molecular flexibility index (Phi) is 7.69. The van der Waals surface area contributed by atoms with Crippen molar-refractivity contribution in [2.75, 3.05) is 39.3 Å².